The summed E-state index contributed by atoms with van der Waals surface area (Å²) in [5.74, 6) is -5.63. The van der Waals surface area contributed by atoms with Crippen LogP contribution in [-0.2, 0) is 57.2 Å². The second kappa shape index (κ2) is 14.2. The fourth-order valence-electron chi connectivity index (χ4n) is 1.69. The van der Waals surface area contributed by atoms with Gasteiger partial charge in [-0.2, -0.15) is 0 Å². The molecule has 0 aromatic carbocycles. The van der Waals surface area contributed by atoms with Gasteiger partial charge in [0.15, 0.2) is 19.5 Å². The Labute approximate surface area is 166 Å². The summed E-state index contributed by atoms with van der Waals surface area (Å²) in [6.07, 6.45) is -3.61. The van der Waals surface area contributed by atoms with Crippen LogP contribution in [0.1, 0.15) is 26.7 Å². The van der Waals surface area contributed by atoms with Crippen LogP contribution in [0.4, 0.5) is 0 Å². The molecule has 0 amide bonds. The second-order valence-corrected chi connectivity index (χ2v) is 5.62. The molecule has 0 aliphatic heterocycles. The third-order valence-corrected chi connectivity index (χ3v) is 3.00. The zero-order valence-electron chi connectivity index (χ0n) is 16.6. The lowest BCUT2D eigenvalue weighted by molar-refractivity contribution is -0.174. The Morgan fingerprint density at radius 3 is 1.97 bits per heavy atom. The number of rotatable bonds is 14. The first-order valence-corrected chi connectivity index (χ1v) is 8.35. The zero-order chi connectivity index (χ0) is 22.4. The van der Waals surface area contributed by atoms with E-state index < -0.39 is 67.1 Å². The van der Waals surface area contributed by atoms with Crippen molar-refractivity contribution in [3.05, 3.63) is 0 Å². The third-order valence-electron chi connectivity index (χ3n) is 3.00. The van der Waals surface area contributed by atoms with E-state index in [-0.39, 0.29) is 13.4 Å². The molecule has 0 aliphatic rings. The molecule has 0 aliphatic carbocycles. The van der Waals surface area contributed by atoms with Crippen molar-refractivity contribution in [2.45, 2.75) is 38.9 Å². The Morgan fingerprint density at radius 1 is 0.724 bits per heavy atom. The number of methoxy groups -OCH3 is 2. The molecule has 0 N–H and O–H groups in total. The first-order chi connectivity index (χ1) is 13.6. The molecule has 0 heterocycles. The zero-order valence-corrected chi connectivity index (χ0v) is 16.6. The van der Waals surface area contributed by atoms with E-state index in [4.69, 9.17) is 9.47 Å². The van der Waals surface area contributed by atoms with Crippen molar-refractivity contribution in [3.63, 3.8) is 0 Å². The van der Waals surface area contributed by atoms with E-state index in [2.05, 4.69) is 18.9 Å². The molecule has 0 radical (unpaired) electrons. The minimum absolute atomic E-state index is 0.348. The van der Waals surface area contributed by atoms with Crippen LogP contribution in [0.2, 0.25) is 0 Å². The minimum atomic E-state index is -1.35. The predicted molar refractivity (Wildman–Crippen MR) is 91.2 cm³/mol. The number of Topliss-reactive ketones (excluding diaryl/α,β-unsaturated/α-hetero) is 2. The van der Waals surface area contributed by atoms with Crippen LogP contribution in [0.15, 0.2) is 0 Å². The van der Waals surface area contributed by atoms with Crippen molar-refractivity contribution >= 4 is 35.4 Å². The number of carbonyl (C=O) groups excluding carboxylic acids is 6. The van der Waals surface area contributed by atoms with Gasteiger partial charge in [0, 0.05) is 14.2 Å². The molecular formula is C17H24O12. The van der Waals surface area contributed by atoms with Gasteiger partial charge in [0.2, 0.25) is 11.6 Å². The molecule has 0 spiro atoms. The number of carbonyl (C=O) groups is 6. The van der Waals surface area contributed by atoms with Crippen LogP contribution in [0.5, 0.6) is 0 Å². The highest BCUT2D eigenvalue weighted by Crippen LogP contribution is 2.06. The Kier molecular flexibility index (Phi) is 12.8. The molecule has 0 saturated carbocycles. The van der Waals surface area contributed by atoms with E-state index >= 15 is 0 Å². The van der Waals surface area contributed by atoms with E-state index in [0.717, 1.165) is 0 Å². The molecule has 2 atom stereocenters. The summed E-state index contributed by atoms with van der Waals surface area (Å²) < 4.78 is 27.6. The van der Waals surface area contributed by atoms with Gasteiger partial charge in [-0.1, -0.05) is 0 Å². The highest BCUT2D eigenvalue weighted by molar-refractivity contribution is 6.40. The Bertz CT molecular complexity index is 612. The maximum absolute atomic E-state index is 11.9. The van der Waals surface area contributed by atoms with E-state index in [1.165, 1.54) is 28.1 Å². The standard InChI is InChI=1S/C17H24O12/c1-10(5-12(18)13(19)6-14(20)27-9-25-4)28-17(23)11(2)29-16(22)8-26-15(21)7-24-3/h10-11H,5-9H2,1-4H3. The van der Waals surface area contributed by atoms with Gasteiger partial charge in [0.1, 0.15) is 19.1 Å². The average molecular weight is 420 g/mol. The highest BCUT2D eigenvalue weighted by Gasteiger charge is 2.26. The third kappa shape index (κ3) is 12.3. The first-order valence-electron chi connectivity index (χ1n) is 8.35. The van der Waals surface area contributed by atoms with Gasteiger partial charge in [0.25, 0.3) is 0 Å². The van der Waals surface area contributed by atoms with Gasteiger partial charge >= 0.3 is 23.9 Å². The molecule has 12 heteroatoms. The fourth-order valence-corrected chi connectivity index (χ4v) is 1.69. The van der Waals surface area contributed by atoms with E-state index in [1.807, 2.05) is 0 Å². The van der Waals surface area contributed by atoms with Crippen LogP contribution < -0.4 is 0 Å². The number of esters is 4. The summed E-state index contributed by atoms with van der Waals surface area (Å²) in [4.78, 5) is 69.1. The normalized spacial score (nSPS) is 12.3. The topological polar surface area (TPSA) is 158 Å². The molecule has 2 unspecified atom stereocenters. The van der Waals surface area contributed by atoms with Crippen LogP contribution in [-0.4, -0.2) is 81.9 Å². The first kappa shape index (κ1) is 26.1. The lowest BCUT2D eigenvalue weighted by Gasteiger charge is -2.16. The van der Waals surface area contributed by atoms with Gasteiger partial charge in [0.05, 0.1) is 6.42 Å². The van der Waals surface area contributed by atoms with E-state index in [1.54, 1.807) is 0 Å². The molecular weight excluding hydrogens is 396 g/mol. The van der Waals surface area contributed by atoms with Gasteiger partial charge in [-0.05, 0) is 13.8 Å². The SMILES string of the molecule is COCOC(=O)CC(=O)C(=O)CC(C)OC(=O)C(C)OC(=O)COC(=O)COC. The molecule has 12 nitrogen and oxygen atoms in total. The number of hydrogen-bond acceptors (Lipinski definition) is 12. The summed E-state index contributed by atoms with van der Waals surface area (Å²) in [6.45, 7) is 1.13. The molecule has 0 saturated heterocycles. The van der Waals surface area contributed by atoms with Crippen LogP contribution >= 0.6 is 0 Å². The number of ether oxygens (including phenoxy) is 6. The molecule has 164 valence electrons. The fraction of sp³-hybridized carbons (Fsp3) is 0.647. The van der Waals surface area contributed by atoms with Crippen LogP contribution in [0.3, 0.4) is 0 Å². The summed E-state index contributed by atoms with van der Waals surface area (Å²) in [7, 11) is 2.55. The summed E-state index contributed by atoms with van der Waals surface area (Å²) in [5, 5.41) is 0. The van der Waals surface area contributed by atoms with E-state index in [0.29, 0.717) is 0 Å². The monoisotopic (exact) mass is 420 g/mol. The van der Waals surface area contributed by atoms with Gasteiger partial charge in [-0.3, -0.25) is 14.4 Å². The van der Waals surface area contributed by atoms with Crippen LogP contribution in [0.25, 0.3) is 0 Å². The predicted octanol–water partition coefficient (Wildman–Crippen LogP) is -0.895. The van der Waals surface area contributed by atoms with Gasteiger partial charge in [-0.15, -0.1) is 0 Å². The average Bonchev–Trinajstić information content (AvgIpc) is 2.64. The van der Waals surface area contributed by atoms with Crippen molar-refractivity contribution < 1.29 is 57.2 Å². The molecule has 29 heavy (non-hydrogen) atoms. The van der Waals surface area contributed by atoms with Crippen molar-refractivity contribution in [2.75, 3.05) is 34.2 Å². The highest BCUT2D eigenvalue weighted by atomic mass is 16.7. The van der Waals surface area contributed by atoms with Crippen molar-refractivity contribution in [2.24, 2.45) is 0 Å². The smallest absolute Gasteiger partial charge is 0.347 e. The maximum atomic E-state index is 11.9. The Balaban J connectivity index is 4.31. The quantitative estimate of drug-likeness (QED) is 0.112. The largest absolute Gasteiger partial charge is 0.459 e. The van der Waals surface area contributed by atoms with Gasteiger partial charge in [-0.25, -0.2) is 14.4 Å². The van der Waals surface area contributed by atoms with Crippen molar-refractivity contribution in [1.82, 2.24) is 0 Å². The second-order valence-electron chi connectivity index (χ2n) is 5.62. The summed E-state index contributed by atoms with van der Waals surface area (Å²) in [6, 6.07) is 0. The molecule has 0 bridgehead atoms. The summed E-state index contributed by atoms with van der Waals surface area (Å²) >= 11 is 0. The lowest BCUT2D eigenvalue weighted by Crippen LogP contribution is -2.32. The molecule has 0 fully saturated rings. The van der Waals surface area contributed by atoms with Crippen LogP contribution in [0, 0.1) is 0 Å². The Morgan fingerprint density at radius 2 is 1.38 bits per heavy atom. The van der Waals surface area contributed by atoms with E-state index in [9.17, 15) is 28.8 Å². The number of ketones is 2. The Hall–Kier alpha value is -2.86. The minimum Gasteiger partial charge on any atom is -0.459 e. The van der Waals surface area contributed by atoms with Crippen molar-refractivity contribution in [3.8, 4) is 0 Å². The van der Waals surface area contributed by atoms with Gasteiger partial charge < -0.3 is 28.4 Å². The molecule has 0 aromatic heterocycles. The number of hydrogen-bond donors (Lipinski definition) is 0. The summed E-state index contributed by atoms with van der Waals surface area (Å²) in [5.41, 5.74) is 0. The van der Waals surface area contributed by atoms with Crippen molar-refractivity contribution in [1.29, 1.82) is 0 Å². The molecule has 0 rings (SSSR count). The lowest BCUT2D eigenvalue weighted by atomic mass is 10.1. The molecule has 0 aromatic rings. The maximum Gasteiger partial charge on any atom is 0.347 e.